The van der Waals surface area contributed by atoms with E-state index in [0.29, 0.717) is 42.6 Å². The molecule has 0 atom stereocenters. The number of benzene rings is 3. The number of carbonyl (C=O) groups is 2. The number of methoxy groups -OCH3 is 1. The third-order valence-corrected chi connectivity index (χ3v) is 4.90. The fourth-order valence-electron chi connectivity index (χ4n) is 3.22. The first-order chi connectivity index (χ1) is 17.1. The summed E-state index contributed by atoms with van der Waals surface area (Å²) >= 11 is 0. The van der Waals surface area contributed by atoms with Crippen molar-refractivity contribution in [3.8, 4) is 23.0 Å². The smallest absolute Gasteiger partial charge is 0.257 e. The van der Waals surface area contributed by atoms with Crippen molar-refractivity contribution in [2.24, 2.45) is 0 Å². The van der Waals surface area contributed by atoms with Gasteiger partial charge in [-0.05, 0) is 48.9 Å². The van der Waals surface area contributed by atoms with Crippen LogP contribution < -0.4 is 29.6 Å². The highest BCUT2D eigenvalue weighted by molar-refractivity contribution is 5.96. The average Bonchev–Trinajstić information content (AvgIpc) is 2.89. The monoisotopic (exact) mass is 478 g/mol. The Hall–Kier alpha value is -4.20. The Kier molecular flexibility index (Phi) is 9.80. The molecule has 35 heavy (non-hydrogen) atoms. The van der Waals surface area contributed by atoms with Gasteiger partial charge in [0.1, 0.15) is 24.7 Å². The van der Waals surface area contributed by atoms with Gasteiger partial charge < -0.3 is 29.6 Å². The topological polar surface area (TPSA) is 95.1 Å². The standard InChI is InChI=1S/C27H30N2O6/c1-3-28-26(30)19-35-24-14-13-20(17-25(24)32-2)18-29-27(31)22-11-7-8-12-23(22)34-16-15-33-21-9-5-4-6-10-21/h4-14,17H,3,15-16,18-19H2,1-2H3,(H,28,30)(H,29,31). The second-order valence-corrected chi connectivity index (χ2v) is 7.42. The van der Waals surface area contributed by atoms with Gasteiger partial charge in [-0.3, -0.25) is 9.59 Å². The highest BCUT2D eigenvalue weighted by Gasteiger charge is 2.13. The molecule has 0 aliphatic carbocycles. The molecule has 2 amide bonds. The van der Waals surface area contributed by atoms with Crippen LogP contribution in [0.4, 0.5) is 0 Å². The van der Waals surface area contributed by atoms with Gasteiger partial charge in [-0.25, -0.2) is 0 Å². The lowest BCUT2D eigenvalue weighted by molar-refractivity contribution is -0.123. The highest BCUT2D eigenvalue weighted by Crippen LogP contribution is 2.28. The van der Waals surface area contributed by atoms with Crippen LogP contribution in [-0.4, -0.2) is 45.3 Å². The fraction of sp³-hybridized carbons (Fsp3) is 0.259. The van der Waals surface area contributed by atoms with Crippen LogP contribution in [0.3, 0.4) is 0 Å². The number of hydrogen-bond acceptors (Lipinski definition) is 6. The van der Waals surface area contributed by atoms with E-state index >= 15 is 0 Å². The van der Waals surface area contributed by atoms with E-state index in [1.807, 2.05) is 43.3 Å². The number of carbonyl (C=O) groups excluding carboxylic acids is 2. The van der Waals surface area contributed by atoms with E-state index in [0.717, 1.165) is 11.3 Å². The fourth-order valence-corrected chi connectivity index (χ4v) is 3.22. The maximum Gasteiger partial charge on any atom is 0.257 e. The molecule has 2 N–H and O–H groups in total. The number of hydrogen-bond donors (Lipinski definition) is 2. The zero-order chi connectivity index (χ0) is 24.9. The molecule has 0 saturated heterocycles. The van der Waals surface area contributed by atoms with Crippen LogP contribution in [0.15, 0.2) is 72.8 Å². The van der Waals surface area contributed by atoms with E-state index in [9.17, 15) is 9.59 Å². The molecular weight excluding hydrogens is 448 g/mol. The van der Waals surface area contributed by atoms with Crippen molar-refractivity contribution < 1.29 is 28.5 Å². The van der Waals surface area contributed by atoms with Gasteiger partial charge in [0.15, 0.2) is 18.1 Å². The maximum absolute atomic E-state index is 12.8. The Morgan fingerprint density at radius 2 is 1.51 bits per heavy atom. The number of ether oxygens (including phenoxy) is 4. The largest absolute Gasteiger partial charge is 0.493 e. The van der Waals surface area contributed by atoms with Crippen LogP contribution >= 0.6 is 0 Å². The molecule has 0 spiro atoms. The lowest BCUT2D eigenvalue weighted by Gasteiger charge is -2.14. The summed E-state index contributed by atoms with van der Waals surface area (Å²) in [7, 11) is 1.52. The molecule has 8 nitrogen and oxygen atoms in total. The zero-order valence-electron chi connectivity index (χ0n) is 19.9. The van der Waals surface area contributed by atoms with Crippen molar-refractivity contribution in [3.05, 3.63) is 83.9 Å². The van der Waals surface area contributed by atoms with Crippen LogP contribution in [0, 0.1) is 0 Å². The number of amides is 2. The quantitative estimate of drug-likeness (QED) is 0.365. The maximum atomic E-state index is 12.8. The van der Waals surface area contributed by atoms with Crippen molar-refractivity contribution >= 4 is 11.8 Å². The highest BCUT2D eigenvalue weighted by atomic mass is 16.5. The molecule has 0 fully saturated rings. The number of rotatable bonds is 13. The summed E-state index contributed by atoms with van der Waals surface area (Å²) in [6.07, 6.45) is 0. The molecule has 0 heterocycles. The second kappa shape index (κ2) is 13.5. The normalized spacial score (nSPS) is 10.2. The second-order valence-electron chi connectivity index (χ2n) is 7.42. The Morgan fingerprint density at radius 1 is 0.771 bits per heavy atom. The first kappa shape index (κ1) is 25.4. The molecule has 3 rings (SSSR count). The third-order valence-electron chi connectivity index (χ3n) is 4.90. The summed E-state index contributed by atoms with van der Waals surface area (Å²) in [5.74, 6) is 1.69. The van der Waals surface area contributed by atoms with Crippen molar-refractivity contribution in [3.63, 3.8) is 0 Å². The van der Waals surface area contributed by atoms with E-state index in [1.165, 1.54) is 7.11 Å². The number of para-hydroxylation sites is 2. The van der Waals surface area contributed by atoms with Gasteiger partial charge in [-0.15, -0.1) is 0 Å². The van der Waals surface area contributed by atoms with E-state index < -0.39 is 0 Å². The van der Waals surface area contributed by atoms with Gasteiger partial charge in [0, 0.05) is 13.1 Å². The molecule has 0 aliphatic rings. The van der Waals surface area contributed by atoms with Crippen molar-refractivity contribution in [1.82, 2.24) is 10.6 Å². The lowest BCUT2D eigenvalue weighted by Crippen LogP contribution is -2.28. The SMILES string of the molecule is CCNC(=O)COc1ccc(CNC(=O)c2ccccc2OCCOc2ccccc2)cc1OC. The molecule has 3 aromatic rings. The molecule has 0 aliphatic heterocycles. The van der Waals surface area contributed by atoms with Crippen molar-refractivity contribution in [2.45, 2.75) is 13.5 Å². The molecule has 0 radical (unpaired) electrons. The third kappa shape index (κ3) is 7.96. The van der Waals surface area contributed by atoms with Gasteiger partial charge >= 0.3 is 0 Å². The molecular formula is C27H30N2O6. The van der Waals surface area contributed by atoms with Gasteiger partial charge in [-0.1, -0.05) is 36.4 Å². The Bertz CT molecular complexity index is 1100. The predicted molar refractivity (Wildman–Crippen MR) is 132 cm³/mol. The van der Waals surface area contributed by atoms with Gasteiger partial charge in [-0.2, -0.15) is 0 Å². The summed E-state index contributed by atoms with van der Waals surface area (Å²) in [6, 6.07) is 21.8. The van der Waals surface area contributed by atoms with Crippen LogP contribution in [0.25, 0.3) is 0 Å². The summed E-state index contributed by atoms with van der Waals surface area (Å²) in [5.41, 5.74) is 1.25. The minimum atomic E-state index is -0.264. The average molecular weight is 479 g/mol. The molecule has 0 saturated carbocycles. The summed E-state index contributed by atoms with van der Waals surface area (Å²) in [5, 5.41) is 5.57. The summed E-state index contributed by atoms with van der Waals surface area (Å²) in [6.45, 7) is 3.20. The molecule has 0 bridgehead atoms. The van der Waals surface area contributed by atoms with Crippen molar-refractivity contribution in [1.29, 1.82) is 0 Å². The first-order valence-electron chi connectivity index (χ1n) is 11.3. The lowest BCUT2D eigenvalue weighted by atomic mass is 10.1. The molecule has 0 aromatic heterocycles. The van der Waals surface area contributed by atoms with Crippen LogP contribution in [0.1, 0.15) is 22.8 Å². The molecule has 3 aromatic carbocycles. The van der Waals surface area contributed by atoms with Crippen LogP contribution in [-0.2, 0) is 11.3 Å². The van der Waals surface area contributed by atoms with Crippen LogP contribution in [0.5, 0.6) is 23.0 Å². The van der Waals surface area contributed by atoms with Gasteiger partial charge in [0.25, 0.3) is 11.8 Å². The van der Waals surface area contributed by atoms with E-state index in [2.05, 4.69) is 10.6 Å². The summed E-state index contributed by atoms with van der Waals surface area (Å²) in [4.78, 5) is 24.5. The molecule has 0 unspecified atom stereocenters. The molecule has 8 heteroatoms. The predicted octanol–water partition coefficient (Wildman–Crippen LogP) is 3.60. The van der Waals surface area contributed by atoms with Crippen LogP contribution in [0.2, 0.25) is 0 Å². The molecule has 184 valence electrons. The van der Waals surface area contributed by atoms with Gasteiger partial charge in [0.2, 0.25) is 0 Å². The Balaban J connectivity index is 1.53. The first-order valence-corrected chi connectivity index (χ1v) is 11.3. The number of likely N-dealkylation sites (N-methyl/N-ethyl adjacent to an activating group) is 1. The van der Waals surface area contributed by atoms with E-state index in [4.69, 9.17) is 18.9 Å². The van der Waals surface area contributed by atoms with Crippen molar-refractivity contribution in [2.75, 3.05) is 33.5 Å². The Morgan fingerprint density at radius 3 is 2.29 bits per heavy atom. The Labute approximate surface area is 205 Å². The minimum absolute atomic E-state index is 0.104. The zero-order valence-corrected chi connectivity index (χ0v) is 19.9. The summed E-state index contributed by atoms with van der Waals surface area (Å²) < 4.78 is 22.3. The number of nitrogens with one attached hydrogen (secondary N) is 2. The minimum Gasteiger partial charge on any atom is -0.493 e. The van der Waals surface area contributed by atoms with Gasteiger partial charge in [0.05, 0.1) is 12.7 Å². The van der Waals surface area contributed by atoms with E-state index in [-0.39, 0.29) is 25.0 Å². The van der Waals surface area contributed by atoms with E-state index in [1.54, 1.807) is 36.4 Å².